The van der Waals surface area contributed by atoms with E-state index in [1.165, 1.54) is 11.4 Å². The zero-order valence-corrected chi connectivity index (χ0v) is 13.0. The second-order valence-electron chi connectivity index (χ2n) is 5.65. The Balaban J connectivity index is 1.52. The van der Waals surface area contributed by atoms with Crippen molar-refractivity contribution >= 4 is 5.84 Å². The van der Waals surface area contributed by atoms with Gasteiger partial charge in [-0.3, -0.25) is 4.99 Å². The van der Waals surface area contributed by atoms with Gasteiger partial charge in [-0.2, -0.15) is 0 Å². The molecule has 2 aromatic rings. The fraction of sp³-hybridized carbons (Fsp3) is 0.316. The molecule has 2 aromatic carbocycles. The van der Waals surface area contributed by atoms with Crippen LogP contribution in [0.3, 0.4) is 0 Å². The van der Waals surface area contributed by atoms with Crippen LogP contribution in [0.2, 0.25) is 0 Å². The van der Waals surface area contributed by atoms with Crippen LogP contribution in [0.5, 0.6) is 5.75 Å². The largest absolute Gasteiger partial charge is 0.492 e. The summed E-state index contributed by atoms with van der Waals surface area (Å²) in [5, 5.41) is 0. The van der Waals surface area contributed by atoms with Crippen LogP contribution in [0.15, 0.2) is 65.7 Å². The molecule has 3 nitrogen and oxygen atoms in total. The van der Waals surface area contributed by atoms with Crippen LogP contribution >= 0.6 is 0 Å². The molecule has 22 heavy (non-hydrogen) atoms. The summed E-state index contributed by atoms with van der Waals surface area (Å²) in [6, 6.07) is 20.6. The number of likely N-dealkylation sites (N-methyl/N-ethyl adjacent to an activating group) is 1. The van der Waals surface area contributed by atoms with Gasteiger partial charge >= 0.3 is 0 Å². The molecule has 1 heterocycles. The summed E-state index contributed by atoms with van der Waals surface area (Å²) in [6.45, 7) is 2.37. The molecular formula is C19H22N2O. The SMILES string of the molecule is CN1CC(c2ccccc2)C/C1=N\CCOc1ccccc1. The van der Waals surface area contributed by atoms with Crippen LogP contribution in [0.1, 0.15) is 17.9 Å². The number of para-hydroxylation sites is 1. The first-order chi connectivity index (χ1) is 10.8. The van der Waals surface area contributed by atoms with Gasteiger partial charge in [0.2, 0.25) is 0 Å². The Morgan fingerprint density at radius 3 is 2.45 bits per heavy atom. The van der Waals surface area contributed by atoms with E-state index in [4.69, 9.17) is 9.73 Å². The molecule has 1 aliphatic heterocycles. The molecule has 0 N–H and O–H groups in total. The van der Waals surface area contributed by atoms with E-state index in [-0.39, 0.29) is 0 Å². The van der Waals surface area contributed by atoms with Gasteiger partial charge in [0, 0.05) is 25.9 Å². The predicted octanol–water partition coefficient (Wildman–Crippen LogP) is 3.58. The molecule has 0 aromatic heterocycles. The van der Waals surface area contributed by atoms with E-state index in [0.29, 0.717) is 19.1 Å². The Hall–Kier alpha value is -2.29. The number of aliphatic imine (C=N–C) groups is 1. The van der Waals surface area contributed by atoms with Crippen LogP contribution in [-0.4, -0.2) is 37.5 Å². The van der Waals surface area contributed by atoms with Gasteiger partial charge in [0.05, 0.1) is 12.4 Å². The maximum Gasteiger partial charge on any atom is 0.119 e. The van der Waals surface area contributed by atoms with Crippen molar-refractivity contribution in [3.8, 4) is 5.75 Å². The number of rotatable bonds is 5. The van der Waals surface area contributed by atoms with Crippen LogP contribution in [0, 0.1) is 0 Å². The summed E-state index contributed by atoms with van der Waals surface area (Å²) < 4.78 is 5.69. The van der Waals surface area contributed by atoms with E-state index in [1.54, 1.807) is 0 Å². The lowest BCUT2D eigenvalue weighted by atomic mass is 9.98. The Morgan fingerprint density at radius 1 is 1.05 bits per heavy atom. The maximum atomic E-state index is 5.69. The van der Waals surface area contributed by atoms with E-state index in [9.17, 15) is 0 Å². The van der Waals surface area contributed by atoms with Crippen molar-refractivity contribution in [3.05, 3.63) is 66.2 Å². The fourth-order valence-corrected chi connectivity index (χ4v) is 2.87. The minimum absolute atomic E-state index is 0.556. The third-order valence-electron chi connectivity index (χ3n) is 4.03. The number of likely N-dealkylation sites (tertiary alicyclic amines) is 1. The molecule has 1 fully saturated rings. The number of hydrogen-bond acceptors (Lipinski definition) is 2. The number of benzene rings is 2. The van der Waals surface area contributed by atoms with Gasteiger partial charge in [-0.05, 0) is 17.7 Å². The molecule has 1 atom stereocenters. The normalized spacial score (nSPS) is 19.6. The molecule has 0 radical (unpaired) electrons. The van der Waals surface area contributed by atoms with Gasteiger partial charge in [-0.15, -0.1) is 0 Å². The zero-order valence-electron chi connectivity index (χ0n) is 13.0. The molecule has 0 amide bonds. The molecule has 0 saturated carbocycles. The highest BCUT2D eigenvalue weighted by molar-refractivity contribution is 5.85. The van der Waals surface area contributed by atoms with E-state index >= 15 is 0 Å². The lowest BCUT2D eigenvalue weighted by Gasteiger charge is -2.12. The second kappa shape index (κ2) is 7.12. The predicted molar refractivity (Wildman–Crippen MR) is 90.7 cm³/mol. The topological polar surface area (TPSA) is 24.8 Å². The first-order valence-corrected chi connectivity index (χ1v) is 7.80. The molecule has 114 valence electrons. The Kier molecular flexibility index (Phi) is 4.74. The summed E-state index contributed by atoms with van der Waals surface area (Å²) in [7, 11) is 2.12. The van der Waals surface area contributed by atoms with E-state index in [2.05, 4.69) is 42.3 Å². The van der Waals surface area contributed by atoms with Crippen LogP contribution in [-0.2, 0) is 0 Å². The minimum Gasteiger partial charge on any atom is -0.492 e. The summed E-state index contributed by atoms with van der Waals surface area (Å²) >= 11 is 0. The molecule has 3 heteroatoms. The second-order valence-corrected chi connectivity index (χ2v) is 5.65. The quantitative estimate of drug-likeness (QED) is 0.787. The first-order valence-electron chi connectivity index (χ1n) is 7.80. The maximum absolute atomic E-state index is 5.69. The number of hydrogen-bond donors (Lipinski definition) is 0. The zero-order chi connectivity index (χ0) is 15.2. The third-order valence-corrected chi connectivity index (χ3v) is 4.03. The van der Waals surface area contributed by atoms with Crippen molar-refractivity contribution in [2.75, 3.05) is 26.7 Å². The Morgan fingerprint density at radius 2 is 1.73 bits per heavy atom. The molecule has 3 rings (SSSR count). The van der Waals surface area contributed by atoms with Gasteiger partial charge in [0.1, 0.15) is 12.4 Å². The third kappa shape index (κ3) is 3.67. The highest BCUT2D eigenvalue weighted by Gasteiger charge is 2.25. The van der Waals surface area contributed by atoms with Gasteiger partial charge in [0.15, 0.2) is 0 Å². The van der Waals surface area contributed by atoms with Crippen LogP contribution in [0.25, 0.3) is 0 Å². The summed E-state index contributed by atoms with van der Waals surface area (Å²) in [4.78, 5) is 6.98. The van der Waals surface area contributed by atoms with E-state index in [1.807, 2.05) is 30.3 Å². The van der Waals surface area contributed by atoms with Crippen molar-refractivity contribution in [1.82, 2.24) is 4.90 Å². The summed E-state index contributed by atoms with van der Waals surface area (Å²) in [5.74, 6) is 2.65. The lowest BCUT2D eigenvalue weighted by Crippen LogP contribution is -2.20. The van der Waals surface area contributed by atoms with Crippen molar-refractivity contribution in [2.24, 2.45) is 4.99 Å². The smallest absolute Gasteiger partial charge is 0.119 e. The molecule has 1 aliphatic rings. The summed E-state index contributed by atoms with van der Waals surface area (Å²) in [5.41, 5.74) is 1.40. The van der Waals surface area contributed by atoms with Crippen molar-refractivity contribution in [3.63, 3.8) is 0 Å². The highest BCUT2D eigenvalue weighted by Crippen LogP contribution is 2.27. The fourth-order valence-electron chi connectivity index (χ4n) is 2.87. The van der Waals surface area contributed by atoms with Gasteiger partial charge < -0.3 is 9.64 Å². The van der Waals surface area contributed by atoms with E-state index < -0.39 is 0 Å². The standard InChI is InChI=1S/C19H22N2O/c1-21-15-17(16-8-4-2-5-9-16)14-19(21)20-12-13-22-18-10-6-3-7-11-18/h2-11,17H,12-15H2,1H3/b20-19+. The van der Waals surface area contributed by atoms with Crippen LogP contribution in [0.4, 0.5) is 0 Å². The van der Waals surface area contributed by atoms with Crippen molar-refractivity contribution < 1.29 is 4.74 Å². The number of nitrogens with zero attached hydrogens (tertiary/aromatic N) is 2. The Bertz CT molecular complexity index is 610. The van der Waals surface area contributed by atoms with Gasteiger partial charge in [-0.1, -0.05) is 48.5 Å². The average molecular weight is 294 g/mol. The highest BCUT2D eigenvalue weighted by atomic mass is 16.5. The average Bonchev–Trinajstić information content (AvgIpc) is 2.94. The van der Waals surface area contributed by atoms with Crippen molar-refractivity contribution in [1.29, 1.82) is 0 Å². The van der Waals surface area contributed by atoms with Crippen LogP contribution < -0.4 is 4.74 Å². The molecular weight excluding hydrogens is 272 g/mol. The molecule has 1 unspecified atom stereocenters. The van der Waals surface area contributed by atoms with Gasteiger partial charge in [0.25, 0.3) is 0 Å². The Labute approximate surface area is 132 Å². The molecule has 0 aliphatic carbocycles. The molecule has 0 spiro atoms. The van der Waals surface area contributed by atoms with E-state index in [0.717, 1.165) is 18.7 Å². The monoisotopic (exact) mass is 294 g/mol. The van der Waals surface area contributed by atoms with Crippen molar-refractivity contribution in [2.45, 2.75) is 12.3 Å². The molecule has 1 saturated heterocycles. The minimum atomic E-state index is 0.556. The lowest BCUT2D eigenvalue weighted by molar-refractivity contribution is 0.328. The molecule has 0 bridgehead atoms. The number of amidine groups is 1. The summed E-state index contributed by atoms with van der Waals surface area (Å²) in [6.07, 6.45) is 1.02. The first kappa shape index (κ1) is 14.6. The number of ether oxygens (including phenoxy) is 1. The van der Waals surface area contributed by atoms with Gasteiger partial charge in [-0.25, -0.2) is 0 Å².